The summed E-state index contributed by atoms with van der Waals surface area (Å²) in [5.41, 5.74) is 0.795. The van der Waals surface area contributed by atoms with Gasteiger partial charge in [0.15, 0.2) is 6.73 Å². The average molecular weight is 600 g/mol. The predicted octanol–water partition coefficient (Wildman–Crippen LogP) is 7.19. The number of nitrogens with zero attached hydrogens (tertiary/aromatic N) is 5. The molecule has 2 heterocycles. The van der Waals surface area contributed by atoms with Gasteiger partial charge in [0.1, 0.15) is 26.5 Å². The van der Waals surface area contributed by atoms with Crippen LogP contribution in [0.5, 0.6) is 16.7 Å². The number of halogens is 2. The van der Waals surface area contributed by atoms with Crippen molar-refractivity contribution < 1.29 is 14.4 Å². The molecule has 0 aliphatic heterocycles. The molecule has 0 bridgehead atoms. The number of anilines is 1. The summed E-state index contributed by atoms with van der Waals surface area (Å²) in [5.74, 6) is 1.89. The van der Waals surface area contributed by atoms with E-state index < -0.39 is 4.92 Å². The minimum absolute atomic E-state index is 0.0135. The monoisotopic (exact) mass is 598 g/mol. The van der Waals surface area contributed by atoms with Gasteiger partial charge in [-0.3, -0.25) is 10.1 Å². The Labute approximate surface area is 234 Å². The normalized spacial score (nSPS) is 11.8. The number of hydrogen-bond donors (Lipinski definition) is 1. The molecule has 1 unspecified atom stereocenters. The van der Waals surface area contributed by atoms with E-state index in [-0.39, 0.29) is 22.7 Å². The molecule has 2 aromatic carbocycles. The second-order valence-electron chi connectivity index (χ2n) is 7.40. The van der Waals surface area contributed by atoms with Crippen LogP contribution in [0, 0.1) is 17.0 Å². The molecule has 0 saturated heterocycles. The van der Waals surface area contributed by atoms with Crippen LogP contribution in [-0.4, -0.2) is 37.8 Å². The van der Waals surface area contributed by atoms with Crippen molar-refractivity contribution in [2.24, 2.45) is 0 Å². The third-order valence-electron chi connectivity index (χ3n) is 4.82. The first-order chi connectivity index (χ1) is 17.8. The molecular weight excluding hydrogens is 579 g/mol. The summed E-state index contributed by atoms with van der Waals surface area (Å²) >= 11 is 16.6. The van der Waals surface area contributed by atoms with E-state index in [4.69, 9.17) is 32.7 Å². The molecule has 4 rings (SSSR count). The zero-order chi connectivity index (χ0) is 26.4. The number of aryl methyl sites for hydroxylation is 1. The summed E-state index contributed by atoms with van der Waals surface area (Å²) in [6, 6.07) is 9.66. The minimum Gasteiger partial charge on any atom is -0.473 e. The fourth-order valence-electron chi connectivity index (χ4n) is 3.02. The van der Waals surface area contributed by atoms with Crippen LogP contribution in [-0.2, 0) is 6.42 Å². The highest BCUT2D eigenvalue weighted by atomic mass is 35.5. The lowest BCUT2D eigenvalue weighted by molar-refractivity contribution is -0.384. The van der Waals surface area contributed by atoms with Crippen molar-refractivity contribution >= 4 is 68.5 Å². The Balaban J connectivity index is 1.35. The van der Waals surface area contributed by atoms with Crippen molar-refractivity contribution in [3.8, 4) is 16.7 Å². The first-order valence-corrected chi connectivity index (χ1v) is 14.3. The molecule has 0 saturated carbocycles. The van der Waals surface area contributed by atoms with Gasteiger partial charge in [0, 0.05) is 23.6 Å². The van der Waals surface area contributed by atoms with Crippen LogP contribution in [0.2, 0.25) is 10.0 Å². The first kappa shape index (κ1) is 27.3. The van der Waals surface area contributed by atoms with Gasteiger partial charge in [0.25, 0.3) is 10.9 Å². The molecule has 0 radical (unpaired) electrons. The van der Waals surface area contributed by atoms with Crippen LogP contribution >= 0.6 is 57.6 Å². The molecule has 15 heteroatoms. The van der Waals surface area contributed by atoms with Crippen LogP contribution in [0.25, 0.3) is 0 Å². The van der Waals surface area contributed by atoms with Crippen LogP contribution < -0.4 is 14.8 Å². The minimum atomic E-state index is -0.553. The molecule has 0 fully saturated rings. The molecule has 2 aromatic heterocycles. The Kier molecular flexibility index (Phi) is 9.38. The summed E-state index contributed by atoms with van der Waals surface area (Å²) in [6.07, 6.45) is 0.591. The van der Waals surface area contributed by atoms with Crippen molar-refractivity contribution in [2.75, 3.05) is 17.8 Å². The summed E-state index contributed by atoms with van der Waals surface area (Å²) in [7, 11) is 0. The highest BCUT2D eigenvalue weighted by molar-refractivity contribution is 7.99. The lowest BCUT2D eigenvalue weighted by Crippen LogP contribution is -2.08. The van der Waals surface area contributed by atoms with E-state index >= 15 is 0 Å². The van der Waals surface area contributed by atoms with Crippen LogP contribution in [0.3, 0.4) is 0 Å². The average Bonchev–Trinajstić information content (AvgIpc) is 3.50. The molecule has 0 spiro atoms. The summed E-state index contributed by atoms with van der Waals surface area (Å²) in [4.78, 5) is 10.4. The summed E-state index contributed by atoms with van der Waals surface area (Å²) in [5, 5.41) is 34.2. The molecule has 1 atom stereocenters. The maximum Gasteiger partial charge on any atom is 0.299 e. The summed E-state index contributed by atoms with van der Waals surface area (Å²) < 4.78 is 11.4. The third-order valence-corrected chi connectivity index (χ3v) is 8.62. The zero-order valence-electron chi connectivity index (χ0n) is 19.5. The Morgan fingerprint density at radius 2 is 1.86 bits per heavy atom. The van der Waals surface area contributed by atoms with Gasteiger partial charge >= 0.3 is 0 Å². The maximum atomic E-state index is 10.9. The van der Waals surface area contributed by atoms with Gasteiger partial charge in [-0.1, -0.05) is 64.0 Å². The fourth-order valence-corrected chi connectivity index (χ4v) is 6.21. The van der Waals surface area contributed by atoms with Crippen LogP contribution in [0.1, 0.15) is 27.8 Å². The predicted molar refractivity (Wildman–Crippen MR) is 148 cm³/mol. The van der Waals surface area contributed by atoms with Crippen molar-refractivity contribution in [3.63, 3.8) is 0 Å². The van der Waals surface area contributed by atoms with Crippen molar-refractivity contribution in [1.82, 2.24) is 20.4 Å². The van der Waals surface area contributed by atoms with E-state index in [0.29, 0.717) is 33.3 Å². The second kappa shape index (κ2) is 12.7. The van der Waals surface area contributed by atoms with Gasteiger partial charge in [0.05, 0.1) is 10.2 Å². The Morgan fingerprint density at radius 3 is 2.59 bits per heavy atom. The van der Waals surface area contributed by atoms with Crippen molar-refractivity contribution in [3.05, 3.63) is 72.1 Å². The SMILES string of the molecule is CCSC(Cc1nnc(Oc2ccc([N+](=O)[O-])c(Cl)c2)s1)c1nnc(NCOc2ccc(C)c(Cl)c2)s1. The Morgan fingerprint density at radius 1 is 1.08 bits per heavy atom. The number of benzene rings is 2. The molecule has 0 amide bonds. The van der Waals surface area contributed by atoms with Crippen molar-refractivity contribution in [1.29, 1.82) is 0 Å². The molecular formula is C22H20Cl2N6O4S3. The Bertz CT molecular complexity index is 1390. The van der Waals surface area contributed by atoms with E-state index in [1.807, 2.05) is 19.1 Å². The first-order valence-electron chi connectivity index (χ1n) is 10.8. The number of nitrogens with one attached hydrogen (secondary N) is 1. The van der Waals surface area contributed by atoms with E-state index in [1.165, 1.54) is 40.9 Å². The number of aromatic nitrogens is 4. The molecule has 37 heavy (non-hydrogen) atoms. The Hall–Kier alpha value is -2.71. The third kappa shape index (κ3) is 7.42. The number of thioether (sulfide) groups is 1. The van der Waals surface area contributed by atoms with Gasteiger partial charge < -0.3 is 14.8 Å². The van der Waals surface area contributed by atoms with Gasteiger partial charge in [-0.05, 0) is 36.4 Å². The number of ether oxygens (including phenoxy) is 2. The van der Waals surface area contributed by atoms with Gasteiger partial charge in [-0.15, -0.1) is 15.3 Å². The topological polar surface area (TPSA) is 125 Å². The lowest BCUT2D eigenvalue weighted by atomic mass is 10.2. The largest absolute Gasteiger partial charge is 0.473 e. The van der Waals surface area contributed by atoms with Gasteiger partial charge in [-0.2, -0.15) is 11.8 Å². The fraction of sp³-hybridized carbons (Fsp3) is 0.273. The maximum absolute atomic E-state index is 10.9. The summed E-state index contributed by atoms with van der Waals surface area (Å²) in [6.45, 7) is 4.23. The molecule has 0 aliphatic carbocycles. The number of hydrogen-bond acceptors (Lipinski definition) is 12. The zero-order valence-corrected chi connectivity index (χ0v) is 23.5. The van der Waals surface area contributed by atoms with Crippen LogP contribution in [0.4, 0.5) is 10.8 Å². The molecule has 194 valence electrons. The number of rotatable bonds is 12. The number of nitro benzene ring substituents is 1. The lowest BCUT2D eigenvalue weighted by Gasteiger charge is -2.10. The van der Waals surface area contributed by atoms with Gasteiger partial charge in [0.2, 0.25) is 5.13 Å². The van der Waals surface area contributed by atoms with E-state index in [9.17, 15) is 10.1 Å². The molecule has 1 N–H and O–H groups in total. The second-order valence-corrected chi connectivity index (χ2v) is 11.7. The van der Waals surface area contributed by atoms with Crippen LogP contribution in [0.15, 0.2) is 36.4 Å². The van der Waals surface area contributed by atoms with Crippen molar-refractivity contribution in [2.45, 2.75) is 25.5 Å². The van der Waals surface area contributed by atoms with Gasteiger partial charge in [-0.25, -0.2) is 0 Å². The number of nitro groups is 1. The van der Waals surface area contributed by atoms with E-state index in [0.717, 1.165) is 21.3 Å². The smallest absolute Gasteiger partial charge is 0.299 e. The highest BCUT2D eigenvalue weighted by Gasteiger charge is 2.21. The van der Waals surface area contributed by atoms with E-state index in [2.05, 4.69) is 32.6 Å². The molecule has 10 nitrogen and oxygen atoms in total. The molecule has 4 aromatic rings. The molecule has 0 aliphatic rings. The quantitative estimate of drug-likeness (QED) is 0.102. The van der Waals surface area contributed by atoms with E-state index in [1.54, 1.807) is 17.8 Å². The highest BCUT2D eigenvalue weighted by Crippen LogP contribution is 2.37. The standard InChI is InChI=1S/C22H20Cl2N6O4S3/c1-3-35-18(20-27-28-21(37-20)25-11-33-13-5-4-12(2)15(23)8-13)10-19-26-29-22(36-19)34-14-6-7-17(30(31)32)16(24)9-14/h4-9,18H,3,10-11H2,1-2H3,(H,25,28).